The van der Waals surface area contributed by atoms with Crippen molar-refractivity contribution in [2.75, 3.05) is 13.7 Å². The monoisotopic (exact) mass is 358 g/mol. The van der Waals surface area contributed by atoms with E-state index < -0.39 is 0 Å². The average Bonchev–Trinajstić information content (AvgIpc) is 2.85. The van der Waals surface area contributed by atoms with E-state index in [4.69, 9.17) is 21.1 Å². The van der Waals surface area contributed by atoms with E-state index in [0.717, 1.165) is 22.0 Å². The largest absolute Gasteiger partial charge is 0.493 e. The summed E-state index contributed by atoms with van der Waals surface area (Å²) in [5.41, 5.74) is 2.12. The van der Waals surface area contributed by atoms with Crippen LogP contribution in [0, 0.1) is 0 Å². The Hall–Kier alpha value is -1.20. The number of methoxy groups -OCH3 is 1. The van der Waals surface area contributed by atoms with Crippen molar-refractivity contribution >= 4 is 27.5 Å². The molecule has 0 fully saturated rings. The second-order valence-electron chi connectivity index (χ2n) is 4.36. The van der Waals surface area contributed by atoms with Crippen LogP contribution >= 0.6 is 27.5 Å². The molecule has 0 unspecified atom stereocenters. The molecular weight excluding hydrogens is 344 g/mol. The first-order valence-corrected chi connectivity index (χ1v) is 7.49. The molecule has 2 rings (SSSR count). The fraction of sp³-hybridized carbons (Fsp3) is 0.357. The number of ether oxygens (including phenoxy) is 2. The van der Waals surface area contributed by atoms with Crippen LogP contribution in [0.2, 0.25) is 0 Å². The van der Waals surface area contributed by atoms with Gasteiger partial charge in [0.1, 0.15) is 0 Å². The number of hydrogen-bond acceptors (Lipinski definition) is 3. The van der Waals surface area contributed by atoms with Crippen LogP contribution in [0.4, 0.5) is 0 Å². The number of halogens is 2. The highest BCUT2D eigenvalue weighted by Gasteiger charge is 2.11. The Morgan fingerprint density at radius 2 is 2.15 bits per heavy atom. The summed E-state index contributed by atoms with van der Waals surface area (Å²) in [4.78, 5) is 0. The van der Waals surface area contributed by atoms with Crippen molar-refractivity contribution in [3.05, 3.63) is 40.1 Å². The fourth-order valence-electron chi connectivity index (χ4n) is 1.86. The van der Waals surface area contributed by atoms with Crippen LogP contribution in [-0.2, 0) is 19.3 Å². The second kappa shape index (κ2) is 6.99. The SMILES string of the molecule is COc1cc(CCl)cc(Br)c1OCCc1cnn(C)c1. The predicted molar refractivity (Wildman–Crippen MR) is 82.7 cm³/mol. The summed E-state index contributed by atoms with van der Waals surface area (Å²) in [5, 5.41) is 4.13. The summed E-state index contributed by atoms with van der Waals surface area (Å²) in [5.74, 6) is 1.82. The van der Waals surface area contributed by atoms with Gasteiger partial charge in [-0.1, -0.05) is 0 Å². The van der Waals surface area contributed by atoms with E-state index in [-0.39, 0.29) is 0 Å². The van der Waals surface area contributed by atoms with Crippen LogP contribution in [0.3, 0.4) is 0 Å². The quantitative estimate of drug-likeness (QED) is 0.740. The molecule has 0 aliphatic carbocycles. The van der Waals surface area contributed by atoms with Crippen LogP contribution in [0.1, 0.15) is 11.1 Å². The van der Waals surface area contributed by atoms with Gasteiger partial charge in [-0.25, -0.2) is 0 Å². The molecule has 20 heavy (non-hydrogen) atoms. The molecule has 0 bridgehead atoms. The molecule has 2 aromatic rings. The van der Waals surface area contributed by atoms with Crippen LogP contribution in [0.15, 0.2) is 29.0 Å². The maximum absolute atomic E-state index is 5.84. The molecule has 0 radical (unpaired) electrons. The minimum atomic E-state index is 0.435. The average molecular weight is 360 g/mol. The van der Waals surface area contributed by atoms with E-state index in [1.165, 1.54) is 0 Å². The minimum Gasteiger partial charge on any atom is -0.493 e. The smallest absolute Gasteiger partial charge is 0.175 e. The first-order valence-electron chi connectivity index (χ1n) is 6.16. The van der Waals surface area contributed by atoms with Crippen LogP contribution < -0.4 is 9.47 Å². The van der Waals surface area contributed by atoms with Crippen molar-refractivity contribution < 1.29 is 9.47 Å². The molecule has 0 N–H and O–H groups in total. The topological polar surface area (TPSA) is 36.3 Å². The number of nitrogens with zero attached hydrogens (tertiary/aromatic N) is 2. The highest BCUT2D eigenvalue weighted by Crippen LogP contribution is 2.37. The van der Waals surface area contributed by atoms with Crippen LogP contribution in [0.25, 0.3) is 0 Å². The zero-order valence-electron chi connectivity index (χ0n) is 11.4. The van der Waals surface area contributed by atoms with Gasteiger partial charge in [-0.3, -0.25) is 4.68 Å². The maximum atomic E-state index is 5.84. The Bertz CT molecular complexity index is 587. The summed E-state index contributed by atoms with van der Waals surface area (Å²) in [6.45, 7) is 0.556. The van der Waals surface area contributed by atoms with Crippen molar-refractivity contribution in [3.63, 3.8) is 0 Å². The van der Waals surface area contributed by atoms with Gasteiger partial charge in [0.25, 0.3) is 0 Å². The lowest BCUT2D eigenvalue weighted by Crippen LogP contribution is -2.03. The Balaban J connectivity index is 2.05. The number of hydrogen-bond donors (Lipinski definition) is 0. The fourth-order valence-corrected chi connectivity index (χ4v) is 2.62. The van der Waals surface area contributed by atoms with Crippen molar-refractivity contribution in [3.8, 4) is 11.5 Å². The van der Waals surface area contributed by atoms with E-state index in [1.54, 1.807) is 11.8 Å². The summed E-state index contributed by atoms with van der Waals surface area (Å²) in [6, 6.07) is 3.83. The van der Waals surface area contributed by atoms with Crippen molar-refractivity contribution in [1.82, 2.24) is 9.78 Å². The third-order valence-electron chi connectivity index (χ3n) is 2.84. The van der Waals surface area contributed by atoms with Crippen molar-refractivity contribution in [2.45, 2.75) is 12.3 Å². The van der Waals surface area contributed by atoms with Crippen molar-refractivity contribution in [1.29, 1.82) is 0 Å². The number of rotatable bonds is 6. The Labute approximate surface area is 131 Å². The molecule has 0 aliphatic heterocycles. The molecule has 0 spiro atoms. The van der Waals surface area contributed by atoms with Gasteiger partial charge in [0.05, 0.1) is 24.4 Å². The Morgan fingerprint density at radius 3 is 2.75 bits per heavy atom. The molecular formula is C14H16BrClN2O2. The van der Waals surface area contributed by atoms with E-state index in [1.807, 2.05) is 31.6 Å². The summed E-state index contributed by atoms with van der Waals surface area (Å²) in [6.07, 6.45) is 4.61. The molecule has 1 heterocycles. The molecule has 0 saturated heterocycles. The number of aryl methyl sites for hydroxylation is 1. The molecule has 108 valence electrons. The zero-order chi connectivity index (χ0) is 14.5. The first-order chi connectivity index (χ1) is 9.63. The van der Waals surface area contributed by atoms with Gasteiger partial charge >= 0.3 is 0 Å². The third-order valence-corrected chi connectivity index (χ3v) is 3.74. The van der Waals surface area contributed by atoms with E-state index >= 15 is 0 Å². The van der Waals surface area contributed by atoms with Gasteiger partial charge in [0.2, 0.25) is 0 Å². The van der Waals surface area contributed by atoms with E-state index in [2.05, 4.69) is 21.0 Å². The number of aromatic nitrogens is 2. The molecule has 4 nitrogen and oxygen atoms in total. The Morgan fingerprint density at radius 1 is 1.35 bits per heavy atom. The first kappa shape index (κ1) is 15.2. The Kier molecular flexibility index (Phi) is 5.31. The molecule has 1 aromatic heterocycles. The third kappa shape index (κ3) is 3.67. The van der Waals surface area contributed by atoms with Gasteiger partial charge in [-0.15, -0.1) is 11.6 Å². The summed E-state index contributed by atoms with van der Waals surface area (Å²) >= 11 is 9.33. The van der Waals surface area contributed by atoms with Gasteiger partial charge in [0, 0.05) is 25.5 Å². The van der Waals surface area contributed by atoms with Crippen LogP contribution in [0.5, 0.6) is 11.5 Å². The lowest BCUT2D eigenvalue weighted by molar-refractivity contribution is 0.295. The molecule has 6 heteroatoms. The summed E-state index contributed by atoms with van der Waals surface area (Å²) in [7, 11) is 3.52. The standard InChI is InChI=1S/C14H16BrClN2O2/c1-18-9-10(8-17-18)3-4-20-14-12(15)5-11(7-16)6-13(14)19-2/h5-6,8-9H,3-4,7H2,1-2H3. The molecule has 0 saturated carbocycles. The van der Waals surface area contributed by atoms with E-state index in [0.29, 0.717) is 24.0 Å². The van der Waals surface area contributed by atoms with Crippen LogP contribution in [-0.4, -0.2) is 23.5 Å². The predicted octanol–water partition coefficient (Wildman–Crippen LogP) is 3.55. The minimum absolute atomic E-state index is 0.435. The summed E-state index contributed by atoms with van der Waals surface area (Å²) < 4.78 is 13.8. The molecule has 1 aromatic carbocycles. The zero-order valence-corrected chi connectivity index (χ0v) is 13.7. The van der Waals surface area contributed by atoms with Gasteiger partial charge in [-0.05, 0) is 39.2 Å². The molecule has 0 aliphatic rings. The molecule has 0 atom stereocenters. The lowest BCUT2D eigenvalue weighted by Gasteiger charge is -2.13. The number of alkyl halides is 1. The normalized spacial score (nSPS) is 10.6. The second-order valence-corrected chi connectivity index (χ2v) is 5.48. The maximum Gasteiger partial charge on any atom is 0.175 e. The van der Waals surface area contributed by atoms with Gasteiger partial charge < -0.3 is 9.47 Å². The molecule has 0 amide bonds. The van der Waals surface area contributed by atoms with Gasteiger partial charge in [-0.2, -0.15) is 5.10 Å². The lowest BCUT2D eigenvalue weighted by atomic mass is 10.2. The van der Waals surface area contributed by atoms with Gasteiger partial charge in [0.15, 0.2) is 11.5 Å². The van der Waals surface area contributed by atoms with Crippen molar-refractivity contribution in [2.24, 2.45) is 7.05 Å². The number of benzene rings is 1. The highest BCUT2D eigenvalue weighted by molar-refractivity contribution is 9.10. The highest BCUT2D eigenvalue weighted by atomic mass is 79.9. The van der Waals surface area contributed by atoms with E-state index in [9.17, 15) is 0 Å².